The van der Waals surface area contributed by atoms with E-state index >= 15 is 0 Å². The zero-order valence-corrected chi connectivity index (χ0v) is 34.8. The molecule has 0 bridgehead atoms. The molecule has 1 aliphatic rings. The first-order chi connectivity index (χ1) is 30.7. The van der Waals surface area contributed by atoms with Crippen molar-refractivity contribution in [3.05, 3.63) is 227 Å². The highest BCUT2D eigenvalue weighted by atomic mass is 19.1. The Labute approximate surface area is 367 Å². The monoisotopic (exact) mass is 819 g/mol. The van der Waals surface area contributed by atoms with Gasteiger partial charge in [0.2, 0.25) is 0 Å². The summed E-state index contributed by atoms with van der Waals surface area (Å²) in [6, 6.07) is 53.8. The maximum atomic E-state index is 15.0. The fourth-order valence-corrected chi connectivity index (χ4v) is 8.21. The molecule has 63 heavy (non-hydrogen) atoms. The van der Waals surface area contributed by atoms with Crippen LogP contribution in [0.3, 0.4) is 0 Å². The van der Waals surface area contributed by atoms with Crippen LogP contribution in [-0.4, -0.2) is 19.6 Å². The minimum Gasteiger partial charge on any atom is -0.398 e. The van der Waals surface area contributed by atoms with Crippen molar-refractivity contribution in [2.24, 2.45) is 9.98 Å². The van der Waals surface area contributed by atoms with Crippen LogP contribution in [0.5, 0.6) is 0 Å². The highest BCUT2D eigenvalue weighted by molar-refractivity contribution is 6.07. The van der Waals surface area contributed by atoms with Gasteiger partial charge in [0, 0.05) is 45.4 Å². The first-order valence-corrected chi connectivity index (χ1v) is 20.3. The summed E-state index contributed by atoms with van der Waals surface area (Å²) in [5.74, 6) is -0.0575. The minimum atomic E-state index is -1.42. The number of benzene rings is 7. The molecule has 8 rings (SSSR count). The number of allylic oxidation sites excluding steroid dienone is 4. The zero-order valence-electron chi connectivity index (χ0n) is 34.8. The number of nitrogens with one attached hydrogen (secondary N) is 1. The number of rotatable bonds is 9. The average Bonchev–Trinajstić information content (AvgIpc) is 3.32. The van der Waals surface area contributed by atoms with Crippen LogP contribution in [0.4, 0.5) is 21.5 Å². The van der Waals surface area contributed by atoms with Gasteiger partial charge in [-0.25, -0.2) is 14.4 Å². The van der Waals surface area contributed by atoms with Crippen molar-refractivity contribution in [1.29, 1.82) is 10.5 Å². The van der Waals surface area contributed by atoms with Gasteiger partial charge in [-0.3, -0.25) is 5.32 Å². The lowest BCUT2D eigenvalue weighted by Crippen LogP contribution is -2.41. The number of nitrogens with two attached hydrogens (primary N) is 1. The van der Waals surface area contributed by atoms with Crippen LogP contribution >= 0.6 is 0 Å². The molecule has 8 heteroatoms. The summed E-state index contributed by atoms with van der Waals surface area (Å²) in [6.07, 6.45) is 5.91. The van der Waals surface area contributed by atoms with E-state index < -0.39 is 5.66 Å². The number of halogens is 1. The number of aliphatic imine (C=N–C) groups is 2. The number of hydrogen-bond acceptors (Lipinski definition) is 6. The van der Waals surface area contributed by atoms with Gasteiger partial charge in [0.25, 0.3) is 0 Å². The van der Waals surface area contributed by atoms with Crippen LogP contribution in [0.15, 0.2) is 198 Å². The van der Waals surface area contributed by atoms with Crippen molar-refractivity contribution < 1.29 is 4.39 Å². The Morgan fingerprint density at radius 1 is 0.730 bits per heavy atom. The smallest absolute Gasteiger partial charge is 0.165 e. The largest absolute Gasteiger partial charge is 0.398 e. The number of anilines is 3. The molecule has 0 saturated carbocycles. The van der Waals surface area contributed by atoms with E-state index in [0.29, 0.717) is 44.9 Å². The predicted octanol–water partition coefficient (Wildman–Crippen LogP) is 12.3. The Hall–Kier alpha value is -8.43. The molecular weight excluding hydrogens is 778 g/mol. The first-order valence-electron chi connectivity index (χ1n) is 20.3. The molecule has 0 aromatic heterocycles. The van der Waals surface area contributed by atoms with Crippen molar-refractivity contribution >= 4 is 35.2 Å². The Kier molecular flexibility index (Phi) is 11.6. The van der Waals surface area contributed by atoms with Gasteiger partial charge in [-0.2, -0.15) is 10.5 Å². The molecule has 0 spiro atoms. The lowest BCUT2D eigenvalue weighted by molar-refractivity contribution is 0.462. The van der Waals surface area contributed by atoms with E-state index in [1.165, 1.54) is 12.1 Å². The Morgan fingerprint density at radius 3 is 2.19 bits per heavy atom. The third-order valence-electron chi connectivity index (χ3n) is 11.3. The van der Waals surface area contributed by atoms with Crippen LogP contribution < -0.4 is 16.0 Å². The van der Waals surface area contributed by atoms with Crippen LogP contribution in [0.25, 0.3) is 39.0 Å². The van der Waals surface area contributed by atoms with Crippen LogP contribution in [0.1, 0.15) is 40.3 Å². The van der Waals surface area contributed by atoms with E-state index in [0.717, 1.165) is 55.9 Å². The number of nitrogen functional groups attached to an aromatic ring is 1. The van der Waals surface area contributed by atoms with Gasteiger partial charge in [-0.1, -0.05) is 110 Å². The SMILES string of the molecule is C=N/C(=N\C(NC)(c1cccc(-c2cccc(C#N)c2)c1)c1cc(N2/C=C\C(C)=C/C(=C)c3cc(F)ccc32)ccc1-c1ccccc1N)c1ccccc1-c1ccccc1C#N. The second-order valence-corrected chi connectivity index (χ2v) is 15.1. The van der Waals surface area contributed by atoms with Crippen molar-refractivity contribution in [2.75, 3.05) is 17.7 Å². The van der Waals surface area contributed by atoms with E-state index in [1.54, 1.807) is 18.2 Å². The minimum absolute atomic E-state index is 0.311. The molecule has 0 aliphatic carbocycles. The van der Waals surface area contributed by atoms with Crippen LogP contribution in [0.2, 0.25) is 0 Å². The fourth-order valence-electron chi connectivity index (χ4n) is 8.21. The Morgan fingerprint density at radius 2 is 1.44 bits per heavy atom. The number of fused-ring (bicyclic) bond motifs is 1. The predicted molar refractivity (Wildman–Crippen MR) is 256 cm³/mol. The maximum absolute atomic E-state index is 15.0. The molecule has 7 aromatic carbocycles. The lowest BCUT2D eigenvalue weighted by Gasteiger charge is -2.35. The van der Waals surface area contributed by atoms with Crippen molar-refractivity contribution in [1.82, 2.24) is 5.32 Å². The molecule has 0 fully saturated rings. The molecule has 304 valence electrons. The lowest BCUT2D eigenvalue weighted by atomic mass is 9.83. The molecule has 7 aromatic rings. The topological polar surface area (TPSA) is 114 Å². The first kappa shape index (κ1) is 41.3. The van der Waals surface area contributed by atoms with E-state index in [4.69, 9.17) is 10.7 Å². The molecule has 1 atom stereocenters. The molecule has 3 N–H and O–H groups in total. The molecule has 7 nitrogen and oxygen atoms in total. The van der Waals surface area contributed by atoms with Gasteiger partial charge >= 0.3 is 0 Å². The molecule has 1 aliphatic heterocycles. The number of para-hydroxylation sites is 1. The highest BCUT2D eigenvalue weighted by Gasteiger charge is 2.37. The van der Waals surface area contributed by atoms with Gasteiger partial charge in [0.15, 0.2) is 11.5 Å². The molecule has 0 saturated heterocycles. The van der Waals surface area contributed by atoms with Gasteiger partial charge in [0.1, 0.15) is 5.82 Å². The number of amidine groups is 1. The van der Waals surface area contributed by atoms with E-state index in [2.05, 4.69) is 47.9 Å². The zero-order chi connectivity index (χ0) is 44.1. The number of nitrogens with zero attached hydrogens (tertiary/aromatic N) is 5. The Balaban J connectivity index is 1.48. The quantitative estimate of drug-likeness (QED) is 0.0855. The second kappa shape index (κ2) is 17.7. The van der Waals surface area contributed by atoms with Crippen LogP contribution in [-0.2, 0) is 5.66 Å². The molecular formula is C55H42FN7. The summed E-state index contributed by atoms with van der Waals surface area (Å²) >= 11 is 0. The van der Waals surface area contributed by atoms with Gasteiger partial charge < -0.3 is 10.6 Å². The fraction of sp³-hybridized carbons (Fsp3) is 0.0545. The molecule has 0 radical (unpaired) electrons. The third-order valence-corrected chi connectivity index (χ3v) is 11.3. The summed E-state index contributed by atoms with van der Waals surface area (Å²) in [5, 5.41) is 23.7. The Bertz CT molecular complexity index is 3130. The van der Waals surface area contributed by atoms with Gasteiger partial charge in [-0.05, 0) is 126 Å². The summed E-state index contributed by atoms with van der Waals surface area (Å²) in [6.45, 7) is 10.4. The normalized spacial score (nSPS) is 14.7. The van der Waals surface area contributed by atoms with Crippen molar-refractivity contribution in [3.63, 3.8) is 0 Å². The molecule has 0 amide bonds. The van der Waals surface area contributed by atoms with Gasteiger partial charge in [0.05, 0.1) is 29.0 Å². The van der Waals surface area contributed by atoms with Crippen LogP contribution in [0, 0.1) is 28.5 Å². The van der Waals surface area contributed by atoms with E-state index in [-0.39, 0.29) is 5.82 Å². The molecule has 1 unspecified atom stereocenters. The van der Waals surface area contributed by atoms with Crippen molar-refractivity contribution in [3.8, 4) is 45.5 Å². The summed E-state index contributed by atoms with van der Waals surface area (Å²) < 4.78 is 15.0. The number of hydrogen-bond donors (Lipinski definition) is 2. The van der Waals surface area contributed by atoms with Crippen molar-refractivity contribution in [2.45, 2.75) is 12.6 Å². The standard InChI is InChI=1S/C55H42FN7/c1-36-27-28-63(53-26-23-43(56)32-50(53)37(2)29-36)44-24-25-47(48-20-9-10-22-52(48)59)51(33-44)55(61-4,42-17-12-16-40(31-42)39-15-11-13-38(30-39)34-57)62-54(60-3)49-21-8-7-19-46(49)45-18-6-5-14-41(45)35-58/h5-33,61H,2-3,59H2,1,4H3/b28-27-,36-29-,62-54-. The third kappa shape index (κ3) is 7.99. The highest BCUT2D eigenvalue weighted by Crippen LogP contribution is 2.45. The average molecular weight is 820 g/mol. The van der Waals surface area contributed by atoms with E-state index in [1.807, 2.05) is 152 Å². The van der Waals surface area contributed by atoms with Gasteiger partial charge in [-0.15, -0.1) is 0 Å². The second-order valence-electron chi connectivity index (χ2n) is 15.1. The van der Waals surface area contributed by atoms with E-state index in [9.17, 15) is 14.9 Å². The number of nitriles is 2. The molecule has 1 heterocycles. The summed E-state index contributed by atoms with van der Waals surface area (Å²) in [5.41, 5.74) is 17.6. The maximum Gasteiger partial charge on any atom is 0.165 e. The summed E-state index contributed by atoms with van der Waals surface area (Å²) in [4.78, 5) is 12.3. The summed E-state index contributed by atoms with van der Waals surface area (Å²) in [7, 11) is 1.85.